The van der Waals surface area contributed by atoms with Gasteiger partial charge in [-0.2, -0.15) is 0 Å². The fraction of sp³-hybridized carbons (Fsp3) is 0.417. The zero-order valence-electron chi connectivity index (χ0n) is 9.13. The van der Waals surface area contributed by atoms with Crippen LogP contribution in [0.5, 0.6) is 0 Å². The molecule has 2 rings (SSSR count). The van der Waals surface area contributed by atoms with Crippen molar-refractivity contribution in [1.82, 2.24) is 0 Å². The van der Waals surface area contributed by atoms with Crippen LogP contribution in [0, 0.1) is 12.8 Å². The Morgan fingerprint density at radius 1 is 1.47 bits per heavy atom. The largest absolute Gasteiger partial charge is 0.383 e. The third kappa shape index (κ3) is 1.82. The van der Waals surface area contributed by atoms with Crippen molar-refractivity contribution in [3.05, 3.63) is 23.8 Å². The fourth-order valence-corrected chi connectivity index (χ4v) is 1.86. The highest BCUT2D eigenvalue weighted by atomic mass is 16.1. The lowest BCUT2D eigenvalue weighted by Gasteiger charge is -2.10. The lowest BCUT2D eigenvalue weighted by molar-refractivity contribution is -0.119. The second-order valence-corrected chi connectivity index (χ2v) is 3.97. The van der Waals surface area contributed by atoms with Gasteiger partial charge in [-0.1, -0.05) is 19.1 Å². The van der Waals surface area contributed by atoms with Crippen molar-refractivity contribution >= 4 is 17.3 Å². The maximum atomic E-state index is 11.8. The van der Waals surface area contributed by atoms with E-state index < -0.39 is 0 Å². The molecule has 1 unspecified atom stereocenters. The van der Waals surface area contributed by atoms with Crippen molar-refractivity contribution in [3.8, 4) is 0 Å². The number of amides is 1. The normalized spacial score (nSPS) is 19.9. The molecule has 1 heterocycles. The molecule has 0 fully saturated rings. The lowest BCUT2D eigenvalue weighted by Crippen LogP contribution is -2.25. The maximum absolute atomic E-state index is 11.8. The van der Waals surface area contributed by atoms with Crippen molar-refractivity contribution in [2.24, 2.45) is 5.92 Å². The van der Waals surface area contributed by atoms with Gasteiger partial charge in [-0.05, 0) is 25.0 Å². The summed E-state index contributed by atoms with van der Waals surface area (Å²) >= 11 is 0. The van der Waals surface area contributed by atoms with Crippen molar-refractivity contribution in [2.45, 2.75) is 20.3 Å². The van der Waals surface area contributed by atoms with Crippen LogP contribution in [0.3, 0.4) is 0 Å². The third-order valence-corrected chi connectivity index (χ3v) is 2.92. The van der Waals surface area contributed by atoms with Crippen LogP contribution in [0.1, 0.15) is 18.9 Å². The van der Waals surface area contributed by atoms with Gasteiger partial charge < -0.3 is 10.6 Å². The molecule has 1 aliphatic heterocycles. The predicted octanol–water partition coefficient (Wildman–Crippen LogP) is 2.39. The number of anilines is 2. The lowest BCUT2D eigenvalue weighted by atomic mass is 10.1. The average molecular weight is 204 g/mol. The van der Waals surface area contributed by atoms with E-state index >= 15 is 0 Å². The molecule has 0 spiro atoms. The van der Waals surface area contributed by atoms with E-state index in [1.165, 1.54) is 0 Å². The van der Waals surface area contributed by atoms with E-state index in [9.17, 15) is 4.79 Å². The van der Waals surface area contributed by atoms with Gasteiger partial charge in [-0.15, -0.1) is 0 Å². The summed E-state index contributed by atoms with van der Waals surface area (Å²) < 4.78 is 0. The van der Waals surface area contributed by atoms with Crippen LogP contribution in [0.2, 0.25) is 0 Å². The van der Waals surface area contributed by atoms with Crippen LogP contribution in [-0.2, 0) is 4.79 Å². The van der Waals surface area contributed by atoms with Gasteiger partial charge in [0, 0.05) is 6.54 Å². The Hall–Kier alpha value is -1.51. The third-order valence-electron chi connectivity index (χ3n) is 2.92. The molecular formula is C12H16N2O. The molecule has 0 aliphatic carbocycles. The molecular weight excluding hydrogens is 188 g/mol. The van der Waals surface area contributed by atoms with Crippen LogP contribution in [0.4, 0.5) is 11.4 Å². The molecule has 1 aromatic carbocycles. The summed E-state index contributed by atoms with van der Waals surface area (Å²) in [6.45, 7) is 4.76. The monoisotopic (exact) mass is 204 g/mol. The number of rotatable bonds is 1. The first-order valence-electron chi connectivity index (χ1n) is 5.36. The molecule has 1 aromatic rings. The van der Waals surface area contributed by atoms with Gasteiger partial charge in [0.05, 0.1) is 17.3 Å². The highest BCUT2D eigenvalue weighted by molar-refractivity contribution is 5.98. The second kappa shape index (κ2) is 3.93. The number of hydrogen-bond donors (Lipinski definition) is 2. The molecule has 0 saturated carbocycles. The molecule has 0 saturated heterocycles. The Morgan fingerprint density at radius 3 is 3.00 bits per heavy atom. The molecule has 3 nitrogen and oxygen atoms in total. The summed E-state index contributed by atoms with van der Waals surface area (Å²) in [6, 6.07) is 6.01. The van der Waals surface area contributed by atoms with E-state index in [0.29, 0.717) is 0 Å². The van der Waals surface area contributed by atoms with E-state index in [1.54, 1.807) is 0 Å². The van der Waals surface area contributed by atoms with Gasteiger partial charge in [0.1, 0.15) is 0 Å². The van der Waals surface area contributed by atoms with Gasteiger partial charge in [0.2, 0.25) is 5.91 Å². The number of aryl methyl sites for hydroxylation is 1. The minimum Gasteiger partial charge on any atom is -0.383 e. The topological polar surface area (TPSA) is 41.1 Å². The molecule has 80 valence electrons. The minimum absolute atomic E-state index is 0.0665. The fourth-order valence-electron chi connectivity index (χ4n) is 1.86. The SMILES string of the molecule is CCC1CNc2cccc(C)c2NC1=O. The van der Waals surface area contributed by atoms with Gasteiger partial charge in [0.25, 0.3) is 0 Å². The van der Waals surface area contributed by atoms with Crippen LogP contribution >= 0.6 is 0 Å². The summed E-state index contributed by atoms with van der Waals surface area (Å²) in [7, 11) is 0. The highest BCUT2D eigenvalue weighted by Crippen LogP contribution is 2.29. The number of para-hydroxylation sites is 1. The zero-order valence-corrected chi connectivity index (χ0v) is 9.13. The standard InChI is InChI=1S/C12H16N2O/c1-3-9-7-13-10-6-4-5-8(2)11(10)14-12(9)15/h4-6,9,13H,3,7H2,1-2H3,(H,14,15). The highest BCUT2D eigenvalue weighted by Gasteiger charge is 2.22. The smallest absolute Gasteiger partial charge is 0.229 e. The number of fused-ring (bicyclic) bond motifs is 1. The number of carbonyl (C=O) groups is 1. The van der Waals surface area contributed by atoms with Crippen LogP contribution in [0.15, 0.2) is 18.2 Å². The Morgan fingerprint density at radius 2 is 2.27 bits per heavy atom. The minimum atomic E-state index is 0.0665. The van der Waals surface area contributed by atoms with Gasteiger partial charge in [0.15, 0.2) is 0 Å². The van der Waals surface area contributed by atoms with Crippen molar-refractivity contribution in [3.63, 3.8) is 0 Å². The van der Waals surface area contributed by atoms with E-state index in [1.807, 2.05) is 32.0 Å². The number of benzene rings is 1. The van der Waals surface area contributed by atoms with Crippen LogP contribution in [-0.4, -0.2) is 12.5 Å². The second-order valence-electron chi connectivity index (χ2n) is 3.97. The molecule has 0 radical (unpaired) electrons. The first-order valence-corrected chi connectivity index (χ1v) is 5.36. The van der Waals surface area contributed by atoms with E-state index in [0.717, 1.165) is 29.9 Å². The molecule has 3 heteroatoms. The average Bonchev–Trinajstić information content (AvgIpc) is 2.38. The Bertz CT molecular complexity index is 387. The van der Waals surface area contributed by atoms with Crippen LogP contribution < -0.4 is 10.6 Å². The van der Waals surface area contributed by atoms with E-state index in [4.69, 9.17) is 0 Å². The van der Waals surface area contributed by atoms with Gasteiger partial charge >= 0.3 is 0 Å². The van der Waals surface area contributed by atoms with Crippen molar-refractivity contribution in [2.75, 3.05) is 17.2 Å². The van der Waals surface area contributed by atoms with Gasteiger partial charge in [-0.3, -0.25) is 4.79 Å². The maximum Gasteiger partial charge on any atom is 0.229 e. The van der Waals surface area contributed by atoms with Crippen molar-refractivity contribution in [1.29, 1.82) is 0 Å². The molecule has 1 amide bonds. The summed E-state index contributed by atoms with van der Waals surface area (Å²) in [5, 5.41) is 6.30. The first-order chi connectivity index (χ1) is 7.22. The van der Waals surface area contributed by atoms with E-state index in [-0.39, 0.29) is 11.8 Å². The molecule has 1 aliphatic rings. The number of carbonyl (C=O) groups excluding carboxylic acids is 1. The number of nitrogens with one attached hydrogen (secondary N) is 2. The zero-order chi connectivity index (χ0) is 10.8. The van der Waals surface area contributed by atoms with Crippen molar-refractivity contribution < 1.29 is 4.79 Å². The summed E-state index contributed by atoms with van der Waals surface area (Å²) in [5.41, 5.74) is 3.06. The molecule has 1 atom stereocenters. The number of hydrogen-bond acceptors (Lipinski definition) is 2. The van der Waals surface area contributed by atoms with E-state index in [2.05, 4.69) is 10.6 Å². The molecule has 0 aromatic heterocycles. The Labute approximate surface area is 89.9 Å². The predicted molar refractivity (Wildman–Crippen MR) is 62.1 cm³/mol. The summed E-state index contributed by atoms with van der Waals surface area (Å²) in [6.07, 6.45) is 0.867. The molecule has 15 heavy (non-hydrogen) atoms. The Kier molecular flexibility index (Phi) is 2.62. The summed E-state index contributed by atoms with van der Waals surface area (Å²) in [4.78, 5) is 11.8. The Balaban J connectivity index is 2.36. The summed E-state index contributed by atoms with van der Waals surface area (Å²) in [5.74, 6) is 0.190. The molecule has 2 N–H and O–H groups in total. The van der Waals surface area contributed by atoms with Gasteiger partial charge in [-0.25, -0.2) is 0 Å². The molecule has 0 bridgehead atoms. The first kappa shape index (κ1) is 10.0. The quantitative estimate of drug-likeness (QED) is 0.737. The van der Waals surface area contributed by atoms with Crippen LogP contribution in [0.25, 0.3) is 0 Å².